The monoisotopic (exact) mass is 361 g/mol. The van der Waals surface area contributed by atoms with Crippen molar-refractivity contribution in [2.45, 2.75) is 31.8 Å². The van der Waals surface area contributed by atoms with Crippen LogP contribution in [0.5, 0.6) is 5.75 Å². The van der Waals surface area contributed by atoms with E-state index in [4.69, 9.17) is 4.74 Å². The maximum Gasteiger partial charge on any atom is 0.230 e. The van der Waals surface area contributed by atoms with E-state index in [1.807, 2.05) is 42.5 Å². The van der Waals surface area contributed by atoms with Crippen LogP contribution in [0.1, 0.15) is 24.8 Å². The predicted octanol–water partition coefficient (Wildman–Crippen LogP) is 5.79. The molecule has 0 amide bonds. The van der Waals surface area contributed by atoms with Gasteiger partial charge in [-0.1, -0.05) is 66.7 Å². The van der Waals surface area contributed by atoms with Gasteiger partial charge in [-0.25, -0.2) is 0 Å². The molecule has 4 heteroatoms. The number of hydrogen-bond donors (Lipinski definition) is 0. The summed E-state index contributed by atoms with van der Waals surface area (Å²) in [6, 6.07) is 24.5. The minimum absolute atomic E-state index is 0.00702. The number of ether oxygens (including phenoxy) is 1. The number of fused-ring (bicyclic) bond motifs is 1. The van der Waals surface area contributed by atoms with Crippen molar-refractivity contribution in [3.05, 3.63) is 101 Å². The van der Waals surface area contributed by atoms with Crippen molar-refractivity contribution >= 4 is 10.8 Å². The van der Waals surface area contributed by atoms with E-state index in [0.29, 0.717) is 6.42 Å². The minimum Gasteiger partial charge on any atom is -0.490 e. The second-order valence-electron chi connectivity index (χ2n) is 6.49. The third kappa shape index (κ3) is 5.68. The van der Waals surface area contributed by atoms with Crippen LogP contribution in [0.2, 0.25) is 0 Å². The van der Waals surface area contributed by atoms with Gasteiger partial charge in [-0.05, 0) is 48.8 Å². The van der Waals surface area contributed by atoms with Crippen LogP contribution in [0, 0.1) is 10.1 Å². The molecule has 0 N–H and O–H groups in total. The van der Waals surface area contributed by atoms with Crippen molar-refractivity contribution in [2.24, 2.45) is 0 Å². The summed E-state index contributed by atoms with van der Waals surface area (Å²) in [7, 11) is 0. The van der Waals surface area contributed by atoms with Gasteiger partial charge < -0.3 is 4.74 Å². The maximum atomic E-state index is 10.5. The molecule has 0 fully saturated rings. The number of rotatable bonds is 9. The van der Waals surface area contributed by atoms with Gasteiger partial charge in [0.15, 0.2) is 0 Å². The normalized spacial score (nSPS) is 12.3. The predicted molar refractivity (Wildman–Crippen MR) is 108 cm³/mol. The first-order valence-corrected chi connectivity index (χ1v) is 9.21. The van der Waals surface area contributed by atoms with E-state index in [1.54, 1.807) is 6.08 Å². The Kier molecular flexibility index (Phi) is 6.58. The molecule has 4 nitrogen and oxygen atoms in total. The average Bonchev–Trinajstić information content (AvgIpc) is 2.70. The molecule has 1 atom stereocenters. The Morgan fingerprint density at radius 2 is 1.67 bits per heavy atom. The Morgan fingerprint density at radius 3 is 2.48 bits per heavy atom. The molecule has 0 saturated carbocycles. The standard InChI is InChI=1S/C23H23NO3/c25-24(26)18-7-6-13-21(17-16-19-9-2-1-3-10-19)27-23-15-8-12-20-11-4-5-14-22(20)23/h1-5,7-12,14-15,18,21H,6,13,16-17H2/b18-7+/t21-/m1/s1. The van der Waals surface area contributed by atoms with Crippen molar-refractivity contribution in [3.8, 4) is 5.75 Å². The molecular formula is C23H23NO3. The van der Waals surface area contributed by atoms with Crippen LogP contribution >= 0.6 is 0 Å². The van der Waals surface area contributed by atoms with Gasteiger partial charge in [0.05, 0.1) is 11.0 Å². The molecule has 3 aromatic rings. The zero-order chi connectivity index (χ0) is 18.9. The average molecular weight is 361 g/mol. The van der Waals surface area contributed by atoms with E-state index >= 15 is 0 Å². The minimum atomic E-state index is -0.426. The Morgan fingerprint density at radius 1 is 0.926 bits per heavy atom. The Hall–Kier alpha value is -3.14. The van der Waals surface area contributed by atoms with Gasteiger partial charge in [-0.3, -0.25) is 10.1 Å². The summed E-state index contributed by atoms with van der Waals surface area (Å²) in [5.41, 5.74) is 1.27. The molecule has 0 bridgehead atoms. The molecule has 27 heavy (non-hydrogen) atoms. The molecule has 0 heterocycles. The van der Waals surface area contributed by atoms with Crippen molar-refractivity contribution < 1.29 is 9.66 Å². The smallest absolute Gasteiger partial charge is 0.230 e. The molecular weight excluding hydrogens is 338 g/mol. The fourth-order valence-corrected chi connectivity index (χ4v) is 3.16. The third-order valence-corrected chi connectivity index (χ3v) is 4.52. The van der Waals surface area contributed by atoms with Crippen LogP contribution in [-0.2, 0) is 6.42 Å². The van der Waals surface area contributed by atoms with E-state index in [1.165, 1.54) is 5.56 Å². The SMILES string of the molecule is O=[N+]([O-])/C=C/CC[C@H](CCc1ccccc1)Oc1cccc2ccccc12. The van der Waals surface area contributed by atoms with Crippen LogP contribution in [0.3, 0.4) is 0 Å². The summed E-state index contributed by atoms with van der Waals surface area (Å²) in [5.74, 6) is 0.865. The van der Waals surface area contributed by atoms with Gasteiger partial charge in [0, 0.05) is 5.39 Å². The summed E-state index contributed by atoms with van der Waals surface area (Å²) in [6.07, 6.45) is 5.72. The quantitative estimate of drug-likeness (QED) is 0.358. The van der Waals surface area contributed by atoms with Crippen molar-refractivity contribution in [1.82, 2.24) is 0 Å². The summed E-state index contributed by atoms with van der Waals surface area (Å²) >= 11 is 0. The van der Waals surface area contributed by atoms with Gasteiger partial charge in [0.2, 0.25) is 6.20 Å². The highest BCUT2D eigenvalue weighted by molar-refractivity contribution is 5.88. The number of aryl methyl sites for hydroxylation is 1. The van der Waals surface area contributed by atoms with E-state index in [2.05, 4.69) is 30.3 Å². The number of benzene rings is 3. The second kappa shape index (κ2) is 9.53. The fourth-order valence-electron chi connectivity index (χ4n) is 3.16. The van der Waals surface area contributed by atoms with E-state index < -0.39 is 4.92 Å². The van der Waals surface area contributed by atoms with E-state index in [9.17, 15) is 10.1 Å². The van der Waals surface area contributed by atoms with Crippen molar-refractivity contribution in [3.63, 3.8) is 0 Å². The number of allylic oxidation sites excluding steroid dienone is 1. The molecule has 138 valence electrons. The lowest BCUT2D eigenvalue weighted by atomic mass is 10.0. The largest absolute Gasteiger partial charge is 0.490 e. The molecule has 0 aliphatic carbocycles. The lowest BCUT2D eigenvalue weighted by molar-refractivity contribution is -0.402. The van der Waals surface area contributed by atoms with Crippen LogP contribution in [0.15, 0.2) is 85.1 Å². The topological polar surface area (TPSA) is 52.4 Å². The summed E-state index contributed by atoms with van der Waals surface area (Å²) in [4.78, 5) is 10.1. The van der Waals surface area contributed by atoms with Gasteiger partial charge in [0.25, 0.3) is 0 Å². The first-order valence-electron chi connectivity index (χ1n) is 9.21. The van der Waals surface area contributed by atoms with Crippen molar-refractivity contribution in [2.75, 3.05) is 0 Å². The highest BCUT2D eigenvalue weighted by atomic mass is 16.6. The maximum absolute atomic E-state index is 10.5. The Labute approximate surface area is 159 Å². The molecule has 0 spiro atoms. The van der Waals surface area contributed by atoms with Gasteiger partial charge in [0.1, 0.15) is 5.75 Å². The zero-order valence-electron chi connectivity index (χ0n) is 15.2. The first kappa shape index (κ1) is 18.6. The highest BCUT2D eigenvalue weighted by Gasteiger charge is 2.12. The number of nitro groups is 1. The molecule has 3 rings (SSSR count). The van der Waals surface area contributed by atoms with Crippen LogP contribution in [0.25, 0.3) is 10.8 Å². The van der Waals surface area contributed by atoms with Crippen LogP contribution in [0.4, 0.5) is 0 Å². The molecule has 0 radical (unpaired) electrons. The third-order valence-electron chi connectivity index (χ3n) is 4.52. The summed E-state index contributed by atoms with van der Waals surface area (Å²) < 4.78 is 6.35. The number of nitrogens with zero attached hydrogens (tertiary/aromatic N) is 1. The fraction of sp³-hybridized carbons (Fsp3) is 0.217. The summed E-state index contributed by atoms with van der Waals surface area (Å²) in [5, 5.41) is 12.7. The van der Waals surface area contributed by atoms with Crippen molar-refractivity contribution in [1.29, 1.82) is 0 Å². The van der Waals surface area contributed by atoms with Gasteiger partial charge in [-0.2, -0.15) is 0 Å². The molecule has 0 saturated heterocycles. The Bertz CT molecular complexity index is 900. The first-order chi connectivity index (χ1) is 13.2. The molecule has 0 aromatic heterocycles. The zero-order valence-corrected chi connectivity index (χ0v) is 15.2. The van der Waals surface area contributed by atoms with E-state index in [-0.39, 0.29) is 6.10 Å². The second-order valence-corrected chi connectivity index (χ2v) is 6.49. The van der Waals surface area contributed by atoms with Gasteiger partial charge in [-0.15, -0.1) is 0 Å². The summed E-state index contributed by atoms with van der Waals surface area (Å²) in [6.45, 7) is 0. The van der Waals surface area contributed by atoms with Crippen LogP contribution < -0.4 is 4.74 Å². The lowest BCUT2D eigenvalue weighted by Gasteiger charge is -2.20. The van der Waals surface area contributed by atoms with Gasteiger partial charge >= 0.3 is 0 Å². The number of hydrogen-bond acceptors (Lipinski definition) is 3. The lowest BCUT2D eigenvalue weighted by Crippen LogP contribution is -2.17. The Balaban J connectivity index is 1.72. The molecule has 3 aromatic carbocycles. The molecule has 0 unspecified atom stereocenters. The van der Waals surface area contributed by atoms with Crippen LogP contribution in [-0.4, -0.2) is 11.0 Å². The molecule has 0 aliphatic heterocycles. The molecule has 0 aliphatic rings. The highest BCUT2D eigenvalue weighted by Crippen LogP contribution is 2.27. The van der Waals surface area contributed by atoms with E-state index in [0.717, 1.165) is 42.0 Å².